The first-order valence-electron chi connectivity index (χ1n) is 9.12. The maximum atomic E-state index is 12.9. The van der Waals surface area contributed by atoms with Crippen molar-refractivity contribution in [3.05, 3.63) is 41.4 Å². The maximum Gasteiger partial charge on any atom is 0.227 e. The van der Waals surface area contributed by atoms with E-state index in [9.17, 15) is 4.79 Å². The third-order valence-corrected chi connectivity index (χ3v) is 5.91. The zero-order valence-corrected chi connectivity index (χ0v) is 14.9. The zero-order valence-electron chi connectivity index (χ0n) is 14.9. The fraction of sp³-hybridized carbons (Fsp3) is 0.579. The van der Waals surface area contributed by atoms with E-state index in [1.807, 2.05) is 24.8 Å². The highest BCUT2D eigenvalue weighted by molar-refractivity contribution is 5.79. The van der Waals surface area contributed by atoms with E-state index in [0.29, 0.717) is 24.8 Å². The molecular weight excluding hydrogens is 316 g/mol. The van der Waals surface area contributed by atoms with E-state index in [1.165, 1.54) is 0 Å². The zero-order chi connectivity index (χ0) is 17.4. The van der Waals surface area contributed by atoms with Gasteiger partial charge in [0.1, 0.15) is 0 Å². The molecule has 3 heterocycles. The van der Waals surface area contributed by atoms with E-state index in [4.69, 9.17) is 4.42 Å². The Bertz CT molecular complexity index is 787. The molecule has 2 aromatic heterocycles. The molecule has 0 spiro atoms. The standard InChI is InChI=1S/C19H24N4O2/c1-3-16-21-22-18(25-16)19-7-4-5-15(19)11-23(12-19)17(24)9-14-10-20-8-6-13(14)2/h6,8,10,15H,3-5,7,9,11-12H2,1-2H3/t15-,19-/m0/s1. The number of aromatic nitrogens is 3. The minimum absolute atomic E-state index is 0.139. The van der Waals surface area contributed by atoms with E-state index in [1.54, 1.807) is 12.4 Å². The molecular formula is C19H24N4O2. The number of nitrogens with zero attached hydrogens (tertiary/aromatic N) is 4. The lowest BCUT2D eigenvalue weighted by atomic mass is 9.80. The number of hydrogen-bond donors (Lipinski definition) is 0. The van der Waals surface area contributed by atoms with Crippen molar-refractivity contribution in [3.8, 4) is 0 Å². The SMILES string of the molecule is CCc1nnc([C@]23CCC[C@H]2CN(C(=O)Cc2cnccc2C)C3)o1. The van der Waals surface area contributed by atoms with E-state index in [2.05, 4.69) is 15.2 Å². The molecule has 1 saturated heterocycles. The second kappa shape index (κ2) is 6.24. The van der Waals surface area contributed by atoms with Crippen molar-refractivity contribution in [2.24, 2.45) is 5.92 Å². The van der Waals surface area contributed by atoms with Crippen LogP contribution in [0.1, 0.15) is 49.1 Å². The van der Waals surface area contributed by atoms with Crippen LogP contribution in [0.15, 0.2) is 22.9 Å². The van der Waals surface area contributed by atoms with Crippen LogP contribution < -0.4 is 0 Å². The van der Waals surface area contributed by atoms with Gasteiger partial charge in [0.05, 0.1) is 11.8 Å². The van der Waals surface area contributed by atoms with Gasteiger partial charge in [-0.05, 0) is 42.9 Å². The Balaban J connectivity index is 1.54. The highest BCUT2D eigenvalue weighted by Crippen LogP contribution is 2.50. The van der Waals surface area contributed by atoms with Gasteiger partial charge in [-0.1, -0.05) is 13.3 Å². The summed E-state index contributed by atoms with van der Waals surface area (Å²) in [7, 11) is 0. The molecule has 0 radical (unpaired) electrons. The van der Waals surface area contributed by atoms with Crippen LogP contribution in [0.3, 0.4) is 0 Å². The number of pyridine rings is 1. The predicted molar refractivity (Wildman–Crippen MR) is 92.0 cm³/mol. The molecule has 1 saturated carbocycles. The van der Waals surface area contributed by atoms with Crippen LogP contribution in [-0.4, -0.2) is 39.1 Å². The summed E-state index contributed by atoms with van der Waals surface area (Å²) in [4.78, 5) is 19.0. The maximum absolute atomic E-state index is 12.9. The molecule has 6 heteroatoms. The summed E-state index contributed by atoms with van der Waals surface area (Å²) in [6.07, 6.45) is 8.03. The number of fused-ring (bicyclic) bond motifs is 1. The van der Waals surface area contributed by atoms with Gasteiger partial charge in [0.15, 0.2) is 0 Å². The molecule has 1 aliphatic carbocycles. The van der Waals surface area contributed by atoms with Crippen molar-refractivity contribution >= 4 is 5.91 Å². The summed E-state index contributed by atoms with van der Waals surface area (Å²) in [6.45, 7) is 5.53. The molecule has 2 fully saturated rings. The molecule has 1 amide bonds. The monoisotopic (exact) mass is 340 g/mol. The quantitative estimate of drug-likeness (QED) is 0.855. The summed E-state index contributed by atoms with van der Waals surface area (Å²) >= 11 is 0. The largest absolute Gasteiger partial charge is 0.425 e. The van der Waals surface area contributed by atoms with Crippen LogP contribution in [0.5, 0.6) is 0 Å². The van der Waals surface area contributed by atoms with E-state index in [-0.39, 0.29) is 11.3 Å². The average molecular weight is 340 g/mol. The Kier molecular flexibility index (Phi) is 4.06. The number of hydrogen-bond acceptors (Lipinski definition) is 5. The van der Waals surface area contributed by atoms with Gasteiger partial charge in [-0.3, -0.25) is 9.78 Å². The number of carbonyl (C=O) groups is 1. The second-order valence-corrected chi connectivity index (χ2v) is 7.35. The van der Waals surface area contributed by atoms with Crippen molar-refractivity contribution < 1.29 is 9.21 Å². The molecule has 0 aromatic carbocycles. The van der Waals surface area contributed by atoms with Gasteiger partial charge in [-0.25, -0.2) is 0 Å². The van der Waals surface area contributed by atoms with Gasteiger partial charge in [0, 0.05) is 31.9 Å². The van der Waals surface area contributed by atoms with Crippen LogP contribution in [0.25, 0.3) is 0 Å². The van der Waals surface area contributed by atoms with Crippen molar-refractivity contribution in [1.29, 1.82) is 0 Å². The van der Waals surface area contributed by atoms with Gasteiger partial charge in [0.2, 0.25) is 17.7 Å². The second-order valence-electron chi connectivity index (χ2n) is 7.35. The minimum Gasteiger partial charge on any atom is -0.425 e. The molecule has 4 rings (SSSR count). The molecule has 132 valence electrons. The van der Waals surface area contributed by atoms with Crippen molar-refractivity contribution in [2.75, 3.05) is 13.1 Å². The molecule has 2 atom stereocenters. The molecule has 25 heavy (non-hydrogen) atoms. The molecule has 2 aliphatic rings. The first kappa shape index (κ1) is 16.2. The number of amides is 1. The molecule has 0 bridgehead atoms. The van der Waals surface area contributed by atoms with Gasteiger partial charge in [0.25, 0.3) is 0 Å². The van der Waals surface area contributed by atoms with Gasteiger partial charge in [-0.2, -0.15) is 0 Å². The lowest BCUT2D eigenvalue weighted by Crippen LogP contribution is -2.35. The van der Waals surface area contributed by atoms with Gasteiger partial charge >= 0.3 is 0 Å². The fourth-order valence-electron chi connectivity index (χ4n) is 4.38. The predicted octanol–water partition coefficient (Wildman–Crippen LogP) is 2.46. The fourth-order valence-corrected chi connectivity index (χ4v) is 4.38. The minimum atomic E-state index is -0.139. The smallest absolute Gasteiger partial charge is 0.227 e. The van der Waals surface area contributed by atoms with Crippen molar-refractivity contribution in [3.63, 3.8) is 0 Å². The van der Waals surface area contributed by atoms with Crippen LogP contribution in [0, 0.1) is 12.8 Å². The summed E-state index contributed by atoms with van der Waals surface area (Å²) in [6, 6.07) is 1.95. The Morgan fingerprint density at radius 1 is 1.44 bits per heavy atom. The molecule has 6 nitrogen and oxygen atoms in total. The third-order valence-electron chi connectivity index (χ3n) is 5.91. The summed E-state index contributed by atoms with van der Waals surface area (Å²) in [5.74, 6) is 2.02. The van der Waals surface area contributed by atoms with E-state index < -0.39 is 0 Å². The first-order chi connectivity index (χ1) is 12.1. The van der Waals surface area contributed by atoms with Crippen LogP contribution in [0.4, 0.5) is 0 Å². The molecule has 2 aromatic rings. The molecule has 0 unspecified atom stereocenters. The molecule has 1 aliphatic heterocycles. The summed E-state index contributed by atoms with van der Waals surface area (Å²) in [5.41, 5.74) is 1.98. The number of carbonyl (C=O) groups excluding carboxylic acids is 1. The number of aryl methyl sites for hydroxylation is 2. The average Bonchev–Trinajstić information content (AvgIpc) is 3.30. The number of likely N-dealkylation sites (tertiary alicyclic amines) is 1. The van der Waals surface area contributed by atoms with Gasteiger partial charge < -0.3 is 9.32 Å². The summed E-state index contributed by atoms with van der Waals surface area (Å²) in [5, 5.41) is 8.49. The van der Waals surface area contributed by atoms with E-state index >= 15 is 0 Å². The summed E-state index contributed by atoms with van der Waals surface area (Å²) < 4.78 is 5.92. The van der Waals surface area contributed by atoms with Crippen molar-refractivity contribution in [1.82, 2.24) is 20.1 Å². The third kappa shape index (κ3) is 2.73. The Hall–Kier alpha value is -2.24. The van der Waals surface area contributed by atoms with Gasteiger partial charge in [-0.15, -0.1) is 10.2 Å². The highest BCUT2D eigenvalue weighted by atomic mass is 16.4. The lowest BCUT2D eigenvalue weighted by molar-refractivity contribution is -0.129. The lowest BCUT2D eigenvalue weighted by Gasteiger charge is -2.24. The number of rotatable bonds is 4. The Labute approximate surface area is 147 Å². The topological polar surface area (TPSA) is 72.1 Å². The Morgan fingerprint density at radius 2 is 2.32 bits per heavy atom. The van der Waals surface area contributed by atoms with Crippen molar-refractivity contribution in [2.45, 2.75) is 51.4 Å². The van der Waals surface area contributed by atoms with E-state index in [0.717, 1.165) is 49.2 Å². The normalized spacial score (nSPS) is 25.4. The van der Waals surface area contributed by atoms with Crippen LogP contribution in [0.2, 0.25) is 0 Å². The first-order valence-corrected chi connectivity index (χ1v) is 9.12. The molecule has 0 N–H and O–H groups in total. The Morgan fingerprint density at radius 3 is 3.08 bits per heavy atom. The highest BCUT2D eigenvalue weighted by Gasteiger charge is 2.54. The van der Waals surface area contributed by atoms with Crippen LogP contribution >= 0.6 is 0 Å². The van der Waals surface area contributed by atoms with Crippen LogP contribution in [-0.2, 0) is 23.1 Å².